The Labute approximate surface area is 79.4 Å². The first kappa shape index (κ1) is 13.6. The summed E-state index contributed by atoms with van der Waals surface area (Å²) >= 11 is 0. The predicted octanol–water partition coefficient (Wildman–Crippen LogP) is 0.908. The topological polar surface area (TPSA) is 61.9 Å². The third-order valence-electron chi connectivity index (χ3n) is 1.69. The highest BCUT2D eigenvalue weighted by molar-refractivity contribution is 5.85. The van der Waals surface area contributed by atoms with Gasteiger partial charge < -0.3 is 11.1 Å². The van der Waals surface area contributed by atoms with Crippen LogP contribution in [0.2, 0.25) is 0 Å². The van der Waals surface area contributed by atoms with Gasteiger partial charge >= 0.3 is 0 Å². The number of rotatable bonds is 1. The van der Waals surface area contributed by atoms with Crippen molar-refractivity contribution in [2.45, 2.75) is 25.3 Å². The molecule has 0 aliphatic carbocycles. The Bertz CT molecular complexity index is 112. The minimum atomic E-state index is 0. The number of nitrogens with one attached hydrogen (secondary N) is 2. The highest BCUT2D eigenvalue weighted by Crippen LogP contribution is 2.05. The molecule has 1 rings (SSSR count). The maximum atomic E-state index is 7.10. The lowest BCUT2D eigenvalue weighted by Crippen LogP contribution is -2.43. The minimum absolute atomic E-state index is 0. The second-order valence-electron chi connectivity index (χ2n) is 2.46. The van der Waals surface area contributed by atoms with Crippen molar-refractivity contribution in [2.75, 3.05) is 6.54 Å². The van der Waals surface area contributed by atoms with Gasteiger partial charge in [0.2, 0.25) is 0 Å². The summed E-state index contributed by atoms with van der Waals surface area (Å²) < 4.78 is 0. The molecule has 5 heteroatoms. The third kappa shape index (κ3) is 4.45. The average molecular weight is 200 g/mol. The molecule has 1 unspecified atom stereocenters. The predicted molar refractivity (Wildman–Crippen MR) is 52.1 cm³/mol. The van der Waals surface area contributed by atoms with Crippen LogP contribution in [0.4, 0.5) is 0 Å². The molecule has 11 heavy (non-hydrogen) atoms. The van der Waals surface area contributed by atoms with Gasteiger partial charge in [-0.3, -0.25) is 5.41 Å². The molecule has 1 atom stereocenters. The molecule has 0 radical (unpaired) electrons. The molecule has 0 bridgehead atoms. The quantitative estimate of drug-likeness (QED) is 0.435. The Morgan fingerprint density at radius 1 is 1.36 bits per heavy atom. The van der Waals surface area contributed by atoms with Gasteiger partial charge in [-0.05, 0) is 19.4 Å². The number of hydrogen-bond donors (Lipinski definition) is 3. The molecule has 1 heterocycles. The Morgan fingerprint density at radius 3 is 2.27 bits per heavy atom. The lowest BCUT2D eigenvalue weighted by molar-refractivity contribution is 0.468. The van der Waals surface area contributed by atoms with Crippen molar-refractivity contribution in [1.29, 1.82) is 5.41 Å². The fraction of sp³-hybridized carbons (Fsp3) is 0.833. The monoisotopic (exact) mass is 199 g/mol. The summed E-state index contributed by atoms with van der Waals surface area (Å²) in [4.78, 5) is 0. The maximum Gasteiger partial charge on any atom is 0.108 e. The highest BCUT2D eigenvalue weighted by Gasteiger charge is 2.13. The van der Waals surface area contributed by atoms with Gasteiger partial charge in [0, 0.05) is 0 Å². The van der Waals surface area contributed by atoms with E-state index in [9.17, 15) is 0 Å². The molecule has 1 aliphatic heterocycles. The van der Waals surface area contributed by atoms with Gasteiger partial charge in [-0.2, -0.15) is 0 Å². The van der Waals surface area contributed by atoms with E-state index in [0.717, 1.165) is 13.0 Å². The standard InChI is InChI=1S/C6H13N3.2ClH/c7-6(8)5-3-1-2-4-9-5;;/h5,9H,1-4H2,(H3,7,8);2*1H. The van der Waals surface area contributed by atoms with Crippen LogP contribution in [0, 0.1) is 5.41 Å². The Kier molecular flexibility index (Phi) is 8.28. The number of piperidine rings is 1. The summed E-state index contributed by atoms with van der Waals surface area (Å²) in [7, 11) is 0. The summed E-state index contributed by atoms with van der Waals surface area (Å²) in [5.74, 6) is 0.287. The van der Waals surface area contributed by atoms with Gasteiger partial charge in [0.15, 0.2) is 0 Å². The van der Waals surface area contributed by atoms with Gasteiger partial charge in [-0.25, -0.2) is 0 Å². The molecule has 0 aromatic carbocycles. The van der Waals surface area contributed by atoms with Crippen LogP contribution in [0.3, 0.4) is 0 Å². The molecular weight excluding hydrogens is 185 g/mol. The van der Waals surface area contributed by atoms with Crippen LogP contribution in [-0.4, -0.2) is 18.4 Å². The molecule has 0 aromatic heterocycles. The molecule has 4 N–H and O–H groups in total. The van der Waals surface area contributed by atoms with Crippen molar-refractivity contribution >= 4 is 30.6 Å². The van der Waals surface area contributed by atoms with Gasteiger partial charge in [0.25, 0.3) is 0 Å². The first-order valence-electron chi connectivity index (χ1n) is 3.38. The van der Waals surface area contributed by atoms with E-state index in [-0.39, 0.29) is 36.7 Å². The van der Waals surface area contributed by atoms with Crippen LogP contribution in [-0.2, 0) is 0 Å². The fourth-order valence-corrected chi connectivity index (χ4v) is 1.12. The molecule has 0 amide bonds. The smallest absolute Gasteiger partial charge is 0.108 e. The summed E-state index contributed by atoms with van der Waals surface area (Å²) in [5, 5.41) is 10.3. The minimum Gasteiger partial charge on any atom is -0.386 e. The highest BCUT2D eigenvalue weighted by atomic mass is 35.5. The van der Waals surface area contributed by atoms with Crippen molar-refractivity contribution in [3.63, 3.8) is 0 Å². The largest absolute Gasteiger partial charge is 0.386 e. The normalized spacial score (nSPS) is 22.7. The van der Waals surface area contributed by atoms with E-state index in [2.05, 4.69) is 5.32 Å². The molecule has 1 fully saturated rings. The Morgan fingerprint density at radius 2 is 2.00 bits per heavy atom. The van der Waals surface area contributed by atoms with Crippen LogP contribution >= 0.6 is 24.8 Å². The number of halogens is 2. The van der Waals surface area contributed by atoms with E-state index in [4.69, 9.17) is 11.1 Å². The third-order valence-corrected chi connectivity index (χ3v) is 1.69. The molecule has 1 aliphatic rings. The van der Waals surface area contributed by atoms with Crippen molar-refractivity contribution < 1.29 is 0 Å². The summed E-state index contributed by atoms with van der Waals surface area (Å²) in [6.07, 6.45) is 3.47. The SMILES string of the molecule is Cl.Cl.N=C(N)C1CCCCN1. The van der Waals surface area contributed by atoms with Gasteiger partial charge in [-0.1, -0.05) is 6.42 Å². The van der Waals surface area contributed by atoms with Gasteiger partial charge in [0.1, 0.15) is 5.84 Å². The molecule has 0 saturated carbocycles. The van der Waals surface area contributed by atoms with Gasteiger partial charge in [-0.15, -0.1) is 24.8 Å². The second kappa shape index (κ2) is 6.70. The van der Waals surface area contributed by atoms with Crippen LogP contribution in [0.25, 0.3) is 0 Å². The second-order valence-corrected chi connectivity index (χ2v) is 2.46. The van der Waals surface area contributed by atoms with Crippen LogP contribution in [0.5, 0.6) is 0 Å². The Balaban J connectivity index is 0. The number of nitrogens with two attached hydrogens (primary N) is 1. The van der Waals surface area contributed by atoms with Crippen molar-refractivity contribution in [3.8, 4) is 0 Å². The lowest BCUT2D eigenvalue weighted by Gasteiger charge is -2.21. The van der Waals surface area contributed by atoms with Crippen LogP contribution < -0.4 is 11.1 Å². The van der Waals surface area contributed by atoms with E-state index in [0.29, 0.717) is 0 Å². The molecule has 1 saturated heterocycles. The van der Waals surface area contributed by atoms with E-state index in [1.165, 1.54) is 12.8 Å². The van der Waals surface area contributed by atoms with E-state index in [1.807, 2.05) is 0 Å². The van der Waals surface area contributed by atoms with Crippen LogP contribution in [0.1, 0.15) is 19.3 Å². The summed E-state index contributed by atoms with van der Waals surface area (Å²) in [5.41, 5.74) is 5.29. The maximum absolute atomic E-state index is 7.10. The van der Waals surface area contributed by atoms with E-state index >= 15 is 0 Å². The lowest BCUT2D eigenvalue weighted by atomic mass is 10.0. The summed E-state index contributed by atoms with van der Waals surface area (Å²) in [6, 6.07) is 0.166. The first-order chi connectivity index (χ1) is 4.30. The zero-order valence-corrected chi connectivity index (χ0v) is 7.93. The van der Waals surface area contributed by atoms with Crippen molar-refractivity contribution in [2.24, 2.45) is 5.73 Å². The summed E-state index contributed by atoms with van der Waals surface area (Å²) in [6.45, 7) is 1.02. The van der Waals surface area contributed by atoms with Crippen molar-refractivity contribution in [3.05, 3.63) is 0 Å². The van der Waals surface area contributed by atoms with E-state index < -0.39 is 0 Å². The first-order valence-corrected chi connectivity index (χ1v) is 3.38. The number of hydrogen-bond acceptors (Lipinski definition) is 2. The fourth-order valence-electron chi connectivity index (χ4n) is 1.12. The molecule has 0 aromatic rings. The Hall–Kier alpha value is 0.01000. The zero-order valence-electron chi connectivity index (χ0n) is 6.30. The molecule has 3 nitrogen and oxygen atoms in total. The molecule has 0 spiro atoms. The van der Waals surface area contributed by atoms with Crippen LogP contribution in [0.15, 0.2) is 0 Å². The van der Waals surface area contributed by atoms with E-state index in [1.54, 1.807) is 0 Å². The molecular formula is C6H15Cl2N3. The average Bonchev–Trinajstić information content (AvgIpc) is 1.90. The number of amidine groups is 1. The van der Waals surface area contributed by atoms with Gasteiger partial charge in [0.05, 0.1) is 6.04 Å². The van der Waals surface area contributed by atoms with Crippen molar-refractivity contribution in [1.82, 2.24) is 5.32 Å². The molecule has 68 valence electrons. The zero-order chi connectivity index (χ0) is 6.69.